The van der Waals surface area contributed by atoms with Crippen LogP contribution in [0.3, 0.4) is 0 Å². The van der Waals surface area contributed by atoms with Gasteiger partial charge in [0, 0.05) is 6.54 Å². The third-order valence-corrected chi connectivity index (χ3v) is 1.17. The van der Waals surface area contributed by atoms with Crippen LogP contribution in [0.4, 0.5) is 0 Å². The van der Waals surface area contributed by atoms with Gasteiger partial charge in [-0.25, -0.2) is 0 Å². The van der Waals surface area contributed by atoms with E-state index in [1.165, 1.54) is 5.57 Å². The van der Waals surface area contributed by atoms with E-state index < -0.39 is 0 Å². The molecule has 1 rings (SSSR count). The zero-order valence-electron chi connectivity index (χ0n) is 5.15. The van der Waals surface area contributed by atoms with Crippen LogP contribution in [0.1, 0.15) is 13.3 Å². The van der Waals surface area contributed by atoms with Crippen LogP contribution in [0.25, 0.3) is 0 Å². The standard InChI is InChI=1S/C7H11N/c1-7-4-2-3-5-8-6-7/h2,4,6,8H,3,5H2,1H3. The van der Waals surface area contributed by atoms with Crippen LogP contribution in [-0.2, 0) is 0 Å². The zero-order valence-corrected chi connectivity index (χ0v) is 5.15. The van der Waals surface area contributed by atoms with Crippen LogP contribution in [-0.4, -0.2) is 6.54 Å². The Morgan fingerprint density at radius 2 is 2.50 bits per heavy atom. The molecule has 8 heavy (non-hydrogen) atoms. The van der Waals surface area contributed by atoms with Gasteiger partial charge < -0.3 is 5.32 Å². The van der Waals surface area contributed by atoms with E-state index in [9.17, 15) is 0 Å². The molecule has 1 aliphatic heterocycles. The lowest BCUT2D eigenvalue weighted by Gasteiger charge is -1.91. The lowest BCUT2D eigenvalue weighted by molar-refractivity contribution is 0.857. The maximum absolute atomic E-state index is 3.17. The van der Waals surface area contributed by atoms with Crippen molar-refractivity contribution >= 4 is 0 Å². The molecule has 0 unspecified atom stereocenters. The fourth-order valence-corrected chi connectivity index (χ4v) is 0.717. The number of rotatable bonds is 0. The van der Waals surface area contributed by atoms with Crippen LogP contribution < -0.4 is 5.32 Å². The SMILES string of the molecule is CC1=CNCCC=C1. The minimum atomic E-state index is 1.08. The van der Waals surface area contributed by atoms with Gasteiger partial charge in [0.15, 0.2) is 0 Å². The highest BCUT2D eigenvalue weighted by Crippen LogP contribution is 1.97. The molecule has 0 saturated heterocycles. The molecule has 0 spiro atoms. The summed E-state index contributed by atoms with van der Waals surface area (Å²) in [6, 6.07) is 0. The van der Waals surface area contributed by atoms with Crippen molar-refractivity contribution in [3.8, 4) is 0 Å². The molecule has 0 aromatic rings. The van der Waals surface area contributed by atoms with Gasteiger partial charge in [0.05, 0.1) is 0 Å². The van der Waals surface area contributed by atoms with Gasteiger partial charge in [-0.3, -0.25) is 0 Å². The van der Waals surface area contributed by atoms with Crippen molar-refractivity contribution in [2.24, 2.45) is 0 Å². The van der Waals surface area contributed by atoms with Crippen LogP contribution >= 0.6 is 0 Å². The summed E-state index contributed by atoms with van der Waals surface area (Å²) in [5, 5.41) is 3.17. The van der Waals surface area contributed by atoms with Crippen LogP contribution in [0.5, 0.6) is 0 Å². The Bertz CT molecular complexity index is 122. The van der Waals surface area contributed by atoms with Crippen molar-refractivity contribution in [3.63, 3.8) is 0 Å². The van der Waals surface area contributed by atoms with Crippen molar-refractivity contribution in [2.75, 3.05) is 6.54 Å². The van der Waals surface area contributed by atoms with E-state index >= 15 is 0 Å². The summed E-state index contributed by atoms with van der Waals surface area (Å²) >= 11 is 0. The first-order valence-corrected chi connectivity index (χ1v) is 2.96. The second-order valence-corrected chi connectivity index (χ2v) is 2.03. The Kier molecular flexibility index (Phi) is 1.73. The molecule has 1 heteroatoms. The largest absolute Gasteiger partial charge is 0.390 e. The fourth-order valence-electron chi connectivity index (χ4n) is 0.717. The molecule has 0 amide bonds. The Balaban J connectivity index is 2.55. The van der Waals surface area contributed by atoms with Crippen molar-refractivity contribution in [1.29, 1.82) is 0 Å². The topological polar surface area (TPSA) is 12.0 Å². The lowest BCUT2D eigenvalue weighted by atomic mass is 10.3. The minimum Gasteiger partial charge on any atom is -0.390 e. The maximum atomic E-state index is 3.17. The fraction of sp³-hybridized carbons (Fsp3) is 0.429. The van der Waals surface area contributed by atoms with E-state index in [1.807, 2.05) is 6.20 Å². The summed E-state index contributed by atoms with van der Waals surface area (Å²) in [7, 11) is 0. The molecule has 1 nitrogen and oxygen atoms in total. The Morgan fingerprint density at radius 3 is 3.38 bits per heavy atom. The van der Waals surface area contributed by atoms with Gasteiger partial charge >= 0.3 is 0 Å². The maximum Gasteiger partial charge on any atom is 0.0176 e. The number of hydrogen-bond donors (Lipinski definition) is 1. The summed E-state index contributed by atoms with van der Waals surface area (Å²) in [6.45, 7) is 3.17. The molecular weight excluding hydrogens is 98.1 g/mol. The number of hydrogen-bond acceptors (Lipinski definition) is 1. The third-order valence-electron chi connectivity index (χ3n) is 1.17. The summed E-state index contributed by atoms with van der Waals surface area (Å²) < 4.78 is 0. The summed E-state index contributed by atoms with van der Waals surface area (Å²) in [5.74, 6) is 0. The van der Waals surface area contributed by atoms with Gasteiger partial charge in [-0.2, -0.15) is 0 Å². The first-order valence-electron chi connectivity index (χ1n) is 2.96. The normalized spacial score (nSPS) is 18.9. The molecule has 0 aromatic heterocycles. The van der Waals surface area contributed by atoms with Gasteiger partial charge in [0.25, 0.3) is 0 Å². The van der Waals surface area contributed by atoms with E-state index in [2.05, 4.69) is 24.4 Å². The van der Waals surface area contributed by atoms with E-state index in [1.54, 1.807) is 0 Å². The molecule has 1 heterocycles. The quantitative estimate of drug-likeness (QED) is 0.496. The van der Waals surface area contributed by atoms with Crippen LogP contribution in [0.15, 0.2) is 23.9 Å². The molecule has 0 atom stereocenters. The second kappa shape index (κ2) is 2.55. The molecule has 0 aromatic carbocycles. The molecule has 0 radical (unpaired) electrons. The van der Waals surface area contributed by atoms with Crippen molar-refractivity contribution in [2.45, 2.75) is 13.3 Å². The van der Waals surface area contributed by atoms with Crippen molar-refractivity contribution in [1.82, 2.24) is 5.32 Å². The highest BCUT2D eigenvalue weighted by molar-refractivity contribution is 5.16. The van der Waals surface area contributed by atoms with Crippen LogP contribution in [0.2, 0.25) is 0 Å². The Hall–Kier alpha value is -0.720. The predicted octanol–water partition coefficient (Wildman–Crippen LogP) is 1.44. The number of allylic oxidation sites excluding steroid dienone is 2. The van der Waals surface area contributed by atoms with Crippen molar-refractivity contribution in [3.05, 3.63) is 23.9 Å². The molecule has 1 N–H and O–H groups in total. The predicted molar refractivity (Wildman–Crippen MR) is 35.5 cm³/mol. The first-order chi connectivity index (χ1) is 3.89. The van der Waals surface area contributed by atoms with Gasteiger partial charge in [0.2, 0.25) is 0 Å². The smallest absolute Gasteiger partial charge is 0.0176 e. The molecular formula is C7H11N. The summed E-state index contributed by atoms with van der Waals surface area (Å²) in [5.41, 5.74) is 1.31. The number of nitrogens with one attached hydrogen (secondary N) is 1. The lowest BCUT2D eigenvalue weighted by Crippen LogP contribution is -2.04. The molecule has 0 bridgehead atoms. The van der Waals surface area contributed by atoms with Gasteiger partial charge in [-0.15, -0.1) is 0 Å². The average Bonchev–Trinajstić information content (AvgIpc) is 1.94. The molecule has 0 fully saturated rings. The highest BCUT2D eigenvalue weighted by Gasteiger charge is 1.85. The second-order valence-electron chi connectivity index (χ2n) is 2.03. The van der Waals surface area contributed by atoms with Gasteiger partial charge in [0.1, 0.15) is 0 Å². The highest BCUT2D eigenvalue weighted by atomic mass is 14.8. The van der Waals surface area contributed by atoms with E-state index in [4.69, 9.17) is 0 Å². The van der Waals surface area contributed by atoms with Crippen molar-refractivity contribution < 1.29 is 0 Å². The zero-order chi connectivity index (χ0) is 5.82. The summed E-state index contributed by atoms with van der Waals surface area (Å²) in [6.07, 6.45) is 7.52. The van der Waals surface area contributed by atoms with Crippen LogP contribution in [0, 0.1) is 0 Å². The van der Waals surface area contributed by atoms with E-state index in [0.717, 1.165) is 13.0 Å². The van der Waals surface area contributed by atoms with Gasteiger partial charge in [-0.05, 0) is 25.1 Å². The Morgan fingerprint density at radius 1 is 1.62 bits per heavy atom. The molecule has 44 valence electrons. The molecule has 0 aliphatic carbocycles. The van der Waals surface area contributed by atoms with Gasteiger partial charge in [-0.1, -0.05) is 12.2 Å². The first kappa shape index (κ1) is 5.42. The molecule has 1 aliphatic rings. The van der Waals surface area contributed by atoms with E-state index in [-0.39, 0.29) is 0 Å². The average molecular weight is 109 g/mol. The van der Waals surface area contributed by atoms with E-state index in [0.29, 0.717) is 0 Å². The Labute approximate surface area is 50.1 Å². The summed E-state index contributed by atoms with van der Waals surface area (Å²) in [4.78, 5) is 0. The molecule has 0 saturated carbocycles. The minimum absolute atomic E-state index is 1.08. The third kappa shape index (κ3) is 1.41. The monoisotopic (exact) mass is 109 g/mol.